The Morgan fingerprint density at radius 2 is 1.83 bits per heavy atom. The Morgan fingerprint density at radius 3 is 2.57 bits per heavy atom. The summed E-state index contributed by atoms with van der Waals surface area (Å²) >= 11 is 3.35. The van der Waals surface area contributed by atoms with Gasteiger partial charge < -0.3 is 15.4 Å². The third kappa shape index (κ3) is 4.64. The normalized spacial score (nSPS) is 15.1. The van der Waals surface area contributed by atoms with Gasteiger partial charge in [0.05, 0.1) is 25.5 Å². The van der Waals surface area contributed by atoms with Crippen LogP contribution in [0.15, 0.2) is 5.03 Å². The van der Waals surface area contributed by atoms with Crippen molar-refractivity contribution in [3.8, 4) is 0 Å². The molecule has 0 atom stereocenters. The summed E-state index contributed by atoms with van der Waals surface area (Å²) in [5, 5.41) is 2.10. The molecule has 160 valence electrons. The highest BCUT2D eigenvalue weighted by Gasteiger charge is 2.18. The van der Waals surface area contributed by atoms with Gasteiger partial charge in [0.15, 0.2) is 0 Å². The number of ether oxygens (including phenoxy) is 1. The van der Waals surface area contributed by atoms with Crippen LogP contribution in [-0.2, 0) is 17.0 Å². The molecule has 0 aromatic carbocycles. The zero-order valence-electron chi connectivity index (χ0n) is 17.7. The number of hydrogen-bond donors (Lipinski definition) is 1. The van der Waals surface area contributed by atoms with Gasteiger partial charge in [-0.15, -0.1) is 11.3 Å². The number of fused-ring (bicyclic) bond motifs is 1. The van der Waals surface area contributed by atoms with Crippen LogP contribution in [-0.4, -0.2) is 70.2 Å². The third-order valence-electron chi connectivity index (χ3n) is 4.94. The van der Waals surface area contributed by atoms with Gasteiger partial charge in [0.2, 0.25) is 11.9 Å². The van der Waals surface area contributed by atoms with Gasteiger partial charge in [-0.05, 0) is 19.4 Å². The van der Waals surface area contributed by atoms with Crippen molar-refractivity contribution in [2.75, 3.05) is 51.0 Å². The summed E-state index contributed by atoms with van der Waals surface area (Å²) < 4.78 is 5.46. The summed E-state index contributed by atoms with van der Waals surface area (Å²) in [6, 6.07) is 0. The molecule has 0 amide bonds. The molecule has 0 unspecified atom stereocenters. The molecule has 4 rings (SSSR count). The van der Waals surface area contributed by atoms with Crippen LogP contribution in [0.1, 0.15) is 22.1 Å². The second kappa shape index (κ2) is 8.96. The molecule has 1 aliphatic rings. The fourth-order valence-corrected chi connectivity index (χ4v) is 5.28. The summed E-state index contributed by atoms with van der Waals surface area (Å²) in [6.07, 6.45) is 0. The largest absolute Gasteiger partial charge is 0.379 e. The third-order valence-corrected chi connectivity index (χ3v) is 7.01. The summed E-state index contributed by atoms with van der Waals surface area (Å²) in [6.45, 7) is 8.33. The number of thioether (sulfide) groups is 1. The zero-order chi connectivity index (χ0) is 21.3. The molecule has 9 nitrogen and oxygen atoms in total. The maximum Gasteiger partial charge on any atom is 0.229 e. The Balaban J connectivity index is 1.63. The van der Waals surface area contributed by atoms with E-state index in [2.05, 4.69) is 33.7 Å². The number of morpholine rings is 1. The lowest BCUT2D eigenvalue weighted by atomic mass is 10.2. The number of anilines is 2. The molecule has 1 saturated heterocycles. The summed E-state index contributed by atoms with van der Waals surface area (Å²) in [7, 11) is 3.77. The van der Waals surface area contributed by atoms with Crippen LogP contribution in [0, 0.1) is 13.8 Å². The van der Waals surface area contributed by atoms with Crippen molar-refractivity contribution < 1.29 is 4.74 Å². The van der Waals surface area contributed by atoms with E-state index in [9.17, 15) is 0 Å². The van der Waals surface area contributed by atoms with E-state index in [1.54, 1.807) is 23.1 Å². The second-order valence-electron chi connectivity index (χ2n) is 7.39. The highest BCUT2D eigenvalue weighted by atomic mass is 32.2. The maximum atomic E-state index is 5.87. The predicted molar refractivity (Wildman–Crippen MR) is 121 cm³/mol. The molecule has 1 fully saturated rings. The molecule has 3 aromatic rings. The van der Waals surface area contributed by atoms with Gasteiger partial charge >= 0.3 is 0 Å². The van der Waals surface area contributed by atoms with E-state index >= 15 is 0 Å². The average molecular weight is 447 g/mol. The highest BCUT2D eigenvalue weighted by molar-refractivity contribution is 7.98. The van der Waals surface area contributed by atoms with E-state index in [-0.39, 0.29) is 5.95 Å². The molecule has 0 saturated carbocycles. The minimum atomic E-state index is 0.229. The Morgan fingerprint density at radius 1 is 1.07 bits per heavy atom. The number of nitrogens with zero attached hydrogens (tertiary/aromatic N) is 7. The van der Waals surface area contributed by atoms with Crippen LogP contribution in [0.3, 0.4) is 0 Å². The molecule has 1 aliphatic heterocycles. The number of nitrogens with two attached hydrogens (primary N) is 1. The van der Waals surface area contributed by atoms with Gasteiger partial charge in [0, 0.05) is 37.4 Å². The molecule has 0 aliphatic carbocycles. The van der Waals surface area contributed by atoms with E-state index in [4.69, 9.17) is 20.4 Å². The minimum Gasteiger partial charge on any atom is -0.379 e. The number of thiophene rings is 1. The molecule has 2 N–H and O–H groups in total. The molecular formula is C19H26N8OS2. The lowest BCUT2D eigenvalue weighted by Crippen LogP contribution is -2.36. The van der Waals surface area contributed by atoms with Crippen molar-refractivity contribution in [1.29, 1.82) is 0 Å². The van der Waals surface area contributed by atoms with Crippen LogP contribution in [0.25, 0.3) is 10.2 Å². The maximum absolute atomic E-state index is 5.87. The molecule has 30 heavy (non-hydrogen) atoms. The van der Waals surface area contributed by atoms with Crippen LogP contribution < -0.4 is 10.6 Å². The molecule has 4 heterocycles. The van der Waals surface area contributed by atoms with Gasteiger partial charge in [0.1, 0.15) is 21.5 Å². The van der Waals surface area contributed by atoms with E-state index in [0.717, 1.165) is 53.9 Å². The fourth-order valence-electron chi connectivity index (χ4n) is 3.21. The van der Waals surface area contributed by atoms with Crippen molar-refractivity contribution in [3.63, 3.8) is 0 Å². The Labute approximate surface area is 184 Å². The first-order chi connectivity index (χ1) is 14.4. The van der Waals surface area contributed by atoms with Gasteiger partial charge in [-0.2, -0.15) is 15.0 Å². The average Bonchev–Trinajstić information content (AvgIpc) is 3.00. The number of nitrogen functional groups attached to an aromatic ring is 1. The van der Waals surface area contributed by atoms with E-state index in [1.165, 1.54) is 10.4 Å². The zero-order valence-corrected chi connectivity index (χ0v) is 19.3. The van der Waals surface area contributed by atoms with Gasteiger partial charge in [-0.25, -0.2) is 9.97 Å². The van der Waals surface area contributed by atoms with Crippen molar-refractivity contribution in [1.82, 2.24) is 29.8 Å². The Kier molecular flexibility index (Phi) is 6.32. The van der Waals surface area contributed by atoms with Crippen molar-refractivity contribution in [3.05, 3.63) is 22.1 Å². The Hall–Kier alpha value is -2.08. The number of hydrogen-bond acceptors (Lipinski definition) is 11. The number of aryl methyl sites for hydroxylation is 2. The van der Waals surface area contributed by atoms with Crippen molar-refractivity contribution >= 4 is 45.2 Å². The van der Waals surface area contributed by atoms with Gasteiger partial charge in [0.25, 0.3) is 0 Å². The van der Waals surface area contributed by atoms with Crippen LogP contribution in [0.5, 0.6) is 0 Å². The van der Waals surface area contributed by atoms with E-state index in [1.807, 2.05) is 19.0 Å². The topological polar surface area (TPSA) is 106 Å². The molecule has 0 bridgehead atoms. The van der Waals surface area contributed by atoms with Crippen LogP contribution >= 0.6 is 23.1 Å². The number of rotatable bonds is 6. The van der Waals surface area contributed by atoms with Crippen molar-refractivity contribution in [2.24, 2.45) is 0 Å². The highest BCUT2D eigenvalue weighted by Crippen LogP contribution is 2.36. The molecule has 3 aromatic heterocycles. The Bertz CT molecular complexity index is 1050. The summed E-state index contributed by atoms with van der Waals surface area (Å²) in [5.74, 6) is 2.83. The molecule has 0 radical (unpaired) electrons. The minimum absolute atomic E-state index is 0.229. The quantitative estimate of drug-likeness (QED) is 0.447. The summed E-state index contributed by atoms with van der Waals surface area (Å²) in [4.78, 5) is 29.2. The lowest BCUT2D eigenvalue weighted by molar-refractivity contribution is 0.0330. The molecular weight excluding hydrogens is 420 g/mol. The first-order valence-electron chi connectivity index (χ1n) is 9.78. The molecule has 11 heteroatoms. The standard InChI is InChI=1S/C19H26N8OS2/c1-11-12(2)30-17-15(11)16(21-13(22-17)9-27-5-7-28-8-6-27)29-10-14-23-18(20)25-19(24-14)26(3)4/h5-10H2,1-4H3,(H2,20,23,24,25). The first-order valence-corrected chi connectivity index (χ1v) is 11.6. The lowest BCUT2D eigenvalue weighted by Gasteiger charge is -2.25. The van der Waals surface area contributed by atoms with Gasteiger partial charge in [-0.3, -0.25) is 4.90 Å². The monoisotopic (exact) mass is 446 g/mol. The number of aromatic nitrogens is 5. The fraction of sp³-hybridized carbons (Fsp3) is 0.526. The van der Waals surface area contributed by atoms with Crippen LogP contribution in [0.4, 0.5) is 11.9 Å². The van der Waals surface area contributed by atoms with E-state index < -0.39 is 0 Å². The smallest absolute Gasteiger partial charge is 0.229 e. The first kappa shape index (κ1) is 21.2. The molecule has 0 spiro atoms. The predicted octanol–water partition coefficient (Wildman–Crippen LogP) is 2.27. The van der Waals surface area contributed by atoms with E-state index in [0.29, 0.717) is 17.5 Å². The van der Waals surface area contributed by atoms with Crippen molar-refractivity contribution in [2.45, 2.75) is 31.2 Å². The van der Waals surface area contributed by atoms with Gasteiger partial charge in [-0.1, -0.05) is 11.8 Å². The second-order valence-corrected chi connectivity index (χ2v) is 9.56. The summed E-state index contributed by atoms with van der Waals surface area (Å²) in [5.41, 5.74) is 7.11. The van der Waals surface area contributed by atoms with Crippen LogP contribution in [0.2, 0.25) is 0 Å². The SMILES string of the molecule is Cc1sc2nc(CN3CCOCC3)nc(SCc3nc(N)nc(N(C)C)n3)c2c1C.